The number of nitriles is 1. The van der Waals surface area contributed by atoms with Crippen molar-refractivity contribution >= 4 is 23.1 Å². The van der Waals surface area contributed by atoms with Gasteiger partial charge in [-0.3, -0.25) is 14.9 Å². The van der Waals surface area contributed by atoms with Gasteiger partial charge in [0.05, 0.1) is 16.2 Å². The minimum Gasteiger partial charge on any atom is -0.454 e. The van der Waals surface area contributed by atoms with Gasteiger partial charge in [0.25, 0.3) is 5.69 Å². The molecule has 9 nitrogen and oxygen atoms in total. The number of carbonyl (C=O) groups is 2. The van der Waals surface area contributed by atoms with Crippen LogP contribution in [-0.4, -0.2) is 36.4 Å². The lowest BCUT2D eigenvalue weighted by atomic mass is 10.1. The Bertz CT molecular complexity index is 831. The highest BCUT2D eigenvalue weighted by molar-refractivity contribution is 6.03. The Morgan fingerprint density at radius 3 is 2.56 bits per heavy atom. The molecule has 2 N–H and O–H groups in total. The Hall–Kier alpha value is -3.41. The van der Waals surface area contributed by atoms with E-state index < -0.39 is 23.3 Å². The number of Topliss-reactive ketones (excluding diaryl/α,β-unsaturated/α-hetero) is 1. The first kappa shape index (κ1) is 19.9. The van der Waals surface area contributed by atoms with Gasteiger partial charge in [-0.2, -0.15) is 5.26 Å². The quantitative estimate of drug-likeness (QED) is 0.263. The largest absolute Gasteiger partial charge is 0.454 e. The van der Waals surface area contributed by atoms with Crippen molar-refractivity contribution in [2.24, 2.45) is 5.73 Å². The van der Waals surface area contributed by atoms with E-state index in [1.54, 1.807) is 6.07 Å². The monoisotopic (exact) mass is 372 g/mol. The third kappa shape index (κ3) is 4.82. The summed E-state index contributed by atoms with van der Waals surface area (Å²) in [5.41, 5.74) is 5.51. The van der Waals surface area contributed by atoms with Gasteiger partial charge < -0.3 is 15.4 Å². The SMILES string of the molecule is CC(N)=C(C#N)C(=O)COC(=O)c1cc([N+](=O)[O-])ccc1N1CCCCC1. The number of nitrogens with zero attached hydrogens (tertiary/aromatic N) is 3. The molecule has 0 saturated carbocycles. The van der Waals surface area contributed by atoms with Crippen LogP contribution in [0.15, 0.2) is 29.5 Å². The van der Waals surface area contributed by atoms with E-state index in [1.807, 2.05) is 4.90 Å². The average Bonchev–Trinajstić information content (AvgIpc) is 2.66. The summed E-state index contributed by atoms with van der Waals surface area (Å²) in [6.07, 6.45) is 2.99. The maximum atomic E-state index is 12.5. The van der Waals surface area contributed by atoms with Crippen LogP contribution in [0.4, 0.5) is 11.4 Å². The molecule has 2 rings (SSSR count). The topological polar surface area (TPSA) is 140 Å². The third-order valence-electron chi connectivity index (χ3n) is 4.23. The molecule has 27 heavy (non-hydrogen) atoms. The van der Waals surface area contributed by atoms with Crippen LogP contribution in [0.2, 0.25) is 0 Å². The second-order valence-electron chi connectivity index (χ2n) is 6.18. The lowest BCUT2D eigenvalue weighted by molar-refractivity contribution is -0.384. The van der Waals surface area contributed by atoms with E-state index in [1.165, 1.54) is 19.1 Å². The molecule has 0 unspecified atom stereocenters. The predicted molar refractivity (Wildman–Crippen MR) is 97.0 cm³/mol. The van der Waals surface area contributed by atoms with Crippen LogP contribution in [0.25, 0.3) is 0 Å². The van der Waals surface area contributed by atoms with Crippen LogP contribution in [-0.2, 0) is 9.53 Å². The number of ketones is 1. The van der Waals surface area contributed by atoms with Gasteiger partial charge in [0.2, 0.25) is 5.78 Å². The smallest absolute Gasteiger partial charge is 0.340 e. The number of nitro groups is 1. The summed E-state index contributed by atoms with van der Waals surface area (Å²) < 4.78 is 5.01. The first-order valence-electron chi connectivity index (χ1n) is 8.45. The summed E-state index contributed by atoms with van der Waals surface area (Å²) in [4.78, 5) is 36.9. The number of anilines is 1. The normalized spacial score (nSPS) is 14.7. The van der Waals surface area contributed by atoms with Crippen molar-refractivity contribution in [1.82, 2.24) is 0 Å². The van der Waals surface area contributed by atoms with Gasteiger partial charge in [-0.05, 0) is 32.3 Å². The molecule has 1 aliphatic rings. The molecule has 0 amide bonds. The zero-order chi connectivity index (χ0) is 20.0. The molecule has 0 aromatic heterocycles. The summed E-state index contributed by atoms with van der Waals surface area (Å²) >= 11 is 0. The molecule has 142 valence electrons. The van der Waals surface area contributed by atoms with Crippen molar-refractivity contribution in [2.75, 3.05) is 24.6 Å². The summed E-state index contributed by atoms with van der Waals surface area (Å²) in [6.45, 7) is 2.18. The van der Waals surface area contributed by atoms with Crippen LogP contribution >= 0.6 is 0 Å². The van der Waals surface area contributed by atoms with Gasteiger partial charge in [-0.1, -0.05) is 0 Å². The molecule has 0 aliphatic carbocycles. The fourth-order valence-electron chi connectivity index (χ4n) is 2.86. The zero-order valence-corrected chi connectivity index (χ0v) is 14.9. The van der Waals surface area contributed by atoms with E-state index in [0.29, 0.717) is 5.69 Å². The van der Waals surface area contributed by atoms with Gasteiger partial charge in [-0.15, -0.1) is 0 Å². The molecule has 0 radical (unpaired) electrons. The van der Waals surface area contributed by atoms with Crippen molar-refractivity contribution in [1.29, 1.82) is 5.26 Å². The third-order valence-corrected chi connectivity index (χ3v) is 4.23. The highest BCUT2D eigenvalue weighted by Crippen LogP contribution is 2.28. The van der Waals surface area contributed by atoms with Crippen LogP contribution in [0.5, 0.6) is 0 Å². The Kier molecular flexibility index (Phi) is 6.49. The molecule has 1 heterocycles. The number of nitrogens with two attached hydrogens (primary N) is 1. The number of non-ortho nitro benzene ring substituents is 1. The molecule has 1 aliphatic heterocycles. The lowest BCUT2D eigenvalue weighted by Gasteiger charge is -2.30. The van der Waals surface area contributed by atoms with Crippen molar-refractivity contribution in [2.45, 2.75) is 26.2 Å². The molecule has 0 atom stereocenters. The van der Waals surface area contributed by atoms with E-state index in [-0.39, 0.29) is 22.5 Å². The second-order valence-corrected chi connectivity index (χ2v) is 6.18. The van der Waals surface area contributed by atoms with Gasteiger partial charge in [0, 0.05) is 30.9 Å². The minimum absolute atomic E-state index is 0.0193. The summed E-state index contributed by atoms with van der Waals surface area (Å²) in [7, 11) is 0. The average molecular weight is 372 g/mol. The van der Waals surface area contributed by atoms with Crippen LogP contribution < -0.4 is 10.6 Å². The standard InChI is InChI=1S/C18H20N4O5/c1-12(20)15(10-19)17(23)11-27-18(24)14-9-13(22(25)26)5-6-16(14)21-7-3-2-4-8-21/h5-6,9H,2-4,7-8,11,20H2,1H3. The second kappa shape index (κ2) is 8.80. The van der Waals surface area contributed by atoms with Gasteiger partial charge >= 0.3 is 5.97 Å². The number of nitro benzene ring substituents is 1. The number of esters is 1. The molecule has 1 aromatic carbocycles. The Balaban J connectivity index is 2.26. The van der Waals surface area contributed by atoms with Crippen LogP contribution in [0.1, 0.15) is 36.5 Å². The molecular formula is C18H20N4O5. The molecule has 1 saturated heterocycles. The van der Waals surface area contributed by atoms with E-state index in [0.717, 1.165) is 38.4 Å². The summed E-state index contributed by atoms with van der Waals surface area (Å²) in [6, 6.07) is 5.67. The molecular weight excluding hydrogens is 352 g/mol. The van der Waals surface area contributed by atoms with Crippen molar-refractivity contribution in [3.8, 4) is 6.07 Å². The van der Waals surface area contributed by atoms with Crippen molar-refractivity contribution in [3.63, 3.8) is 0 Å². The molecule has 9 heteroatoms. The summed E-state index contributed by atoms with van der Waals surface area (Å²) in [5.74, 6) is -1.59. The first-order chi connectivity index (χ1) is 12.8. The molecule has 0 bridgehead atoms. The van der Waals surface area contributed by atoms with Gasteiger partial charge in [-0.25, -0.2) is 4.79 Å². The number of allylic oxidation sites excluding steroid dienone is 1. The number of hydrogen-bond acceptors (Lipinski definition) is 8. The fourth-order valence-corrected chi connectivity index (χ4v) is 2.86. The number of rotatable bonds is 6. The number of piperidine rings is 1. The number of benzene rings is 1. The van der Waals surface area contributed by atoms with Crippen LogP contribution in [0.3, 0.4) is 0 Å². The maximum absolute atomic E-state index is 12.5. The lowest BCUT2D eigenvalue weighted by Crippen LogP contribution is -2.31. The van der Waals surface area contributed by atoms with Crippen LogP contribution in [0, 0.1) is 21.4 Å². The Morgan fingerprint density at radius 2 is 2.00 bits per heavy atom. The minimum atomic E-state index is -0.861. The zero-order valence-electron chi connectivity index (χ0n) is 14.9. The van der Waals surface area contributed by atoms with Gasteiger partial charge in [0.1, 0.15) is 11.6 Å². The predicted octanol–water partition coefficient (Wildman–Crippen LogP) is 2.07. The van der Waals surface area contributed by atoms with E-state index in [4.69, 9.17) is 15.7 Å². The highest BCUT2D eigenvalue weighted by Gasteiger charge is 2.24. The van der Waals surface area contributed by atoms with Crippen molar-refractivity contribution in [3.05, 3.63) is 45.1 Å². The number of carbonyl (C=O) groups excluding carboxylic acids is 2. The highest BCUT2D eigenvalue weighted by atomic mass is 16.6. The number of hydrogen-bond donors (Lipinski definition) is 1. The Labute approximate surface area is 156 Å². The maximum Gasteiger partial charge on any atom is 0.340 e. The van der Waals surface area contributed by atoms with Gasteiger partial charge in [0.15, 0.2) is 6.61 Å². The molecule has 0 spiro atoms. The molecule has 1 fully saturated rings. The van der Waals surface area contributed by atoms with E-state index in [2.05, 4.69) is 0 Å². The van der Waals surface area contributed by atoms with Crippen molar-refractivity contribution < 1.29 is 19.2 Å². The number of ether oxygens (including phenoxy) is 1. The fraction of sp³-hybridized carbons (Fsp3) is 0.389. The summed E-state index contributed by atoms with van der Waals surface area (Å²) in [5, 5.41) is 20.0. The molecule has 1 aromatic rings. The van der Waals surface area contributed by atoms with E-state index >= 15 is 0 Å². The Morgan fingerprint density at radius 1 is 1.33 bits per heavy atom. The van der Waals surface area contributed by atoms with E-state index in [9.17, 15) is 19.7 Å². The first-order valence-corrected chi connectivity index (χ1v) is 8.45.